The molecule has 1 aromatic heterocycles. The molecule has 5 rings (SSSR count). The molecule has 2 N–H and O–H groups in total. The number of aromatic amines is 1. The number of hydrogen-bond acceptors (Lipinski definition) is 6. The molecule has 0 unspecified atom stereocenters. The second-order valence-corrected chi connectivity index (χ2v) is 9.58. The Morgan fingerprint density at radius 3 is 2.44 bits per heavy atom. The van der Waals surface area contributed by atoms with E-state index in [1.165, 1.54) is 19.4 Å². The van der Waals surface area contributed by atoms with Crippen LogP contribution in [0, 0.1) is 0 Å². The molecular formula is C31H23Cl2N3O5. The van der Waals surface area contributed by atoms with Gasteiger partial charge in [-0.05, 0) is 54.6 Å². The summed E-state index contributed by atoms with van der Waals surface area (Å²) in [6, 6.07) is 24.1. The molecule has 1 heterocycles. The molecule has 0 saturated carbocycles. The first-order valence-corrected chi connectivity index (χ1v) is 13.1. The van der Waals surface area contributed by atoms with Crippen LogP contribution in [0.25, 0.3) is 22.0 Å². The van der Waals surface area contributed by atoms with Gasteiger partial charge >= 0.3 is 5.97 Å². The Balaban J connectivity index is 1.42. The summed E-state index contributed by atoms with van der Waals surface area (Å²) in [5.41, 5.74) is 5.46. The lowest BCUT2D eigenvalue weighted by Crippen LogP contribution is -2.19. The fourth-order valence-electron chi connectivity index (χ4n) is 4.30. The molecule has 0 saturated heterocycles. The molecule has 8 nitrogen and oxygen atoms in total. The average molecular weight is 588 g/mol. The van der Waals surface area contributed by atoms with E-state index < -0.39 is 11.9 Å². The number of esters is 1. The van der Waals surface area contributed by atoms with Gasteiger partial charge in [-0.3, -0.25) is 4.79 Å². The summed E-state index contributed by atoms with van der Waals surface area (Å²) >= 11 is 12.6. The number of benzene rings is 4. The SMILES string of the molecule is COc1ccc2[nH]c(C(=O)NN=Cc3ccccc3OC(=O)c3cc(Cl)ccc3OC)c(-c3ccccc3Cl)c2c1. The molecule has 41 heavy (non-hydrogen) atoms. The Labute approximate surface area is 245 Å². The van der Waals surface area contributed by atoms with Crippen molar-refractivity contribution < 1.29 is 23.8 Å². The van der Waals surface area contributed by atoms with Crippen LogP contribution < -0.4 is 19.6 Å². The summed E-state index contributed by atoms with van der Waals surface area (Å²) in [6.45, 7) is 0. The summed E-state index contributed by atoms with van der Waals surface area (Å²) in [5.74, 6) is 0.0306. The lowest BCUT2D eigenvalue weighted by atomic mass is 10.0. The zero-order valence-electron chi connectivity index (χ0n) is 21.9. The van der Waals surface area contributed by atoms with Gasteiger partial charge in [0.05, 0.1) is 20.4 Å². The fraction of sp³-hybridized carbons (Fsp3) is 0.0645. The number of carbonyl (C=O) groups excluding carboxylic acids is 2. The number of hydrazone groups is 1. The van der Waals surface area contributed by atoms with Gasteiger partial charge in [-0.15, -0.1) is 0 Å². The molecule has 0 atom stereocenters. The molecule has 1 amide bonds. The zero-order chi connectivity index (χ0) is 28.9. The first kappa shape index (κ1) is 27.8. The number of hydrogen-bond donors (Lipinski definition) is 2. The van der Waals surface area contributed by atoms with E-state index in [1.807, 2.05) is 30.3 Å². The summed E-state index contributed by atoms with van der Waals surface area (Å²) in [5, 5.41) is 5.74. The average Bonchev–Trinajstić information content (AvgIpc) is 3.36. The van der Waals surface area contributed by atoms with Crippen LogP contribution in [0.1, 0.15) is 26.4 Å². The van der Waals surface area contributed by atoms with E-state index in [-0.39, 0.29) is 17.0 Å². The summed E-state index contributed by atoms with van der Waals surface area (Å²) in [7, 11) is 3.02. The Hall–Kier alpha value is -4.79. The summed E-state index contributed by atoms with van der Waals surface area (Å²) in [6.07, 6.45) is 1.39. The number of nitrogens with one attached hydrogen (secondary N) is 2. The van der Waals surface area contributed by atoms with E-state index in [0.29, 0.717) is 38.2 Å². The Morgan fingerprint density at radius 2 is 1.66 bits per heavy atom. The first-order valence-electron chi connectivity index (χ1n) is 12.3. The van der Waals surface area contributed by atoms with Gasteiger partial charge in [-0.2, -0.15) is 5.10 Å². The van der Waals surface area contributed by atoms with Crippen LogP contribution >= 0.6 is 23.2 Å². The first-order chi connectivity index (χ1) is 19.9. The van der Waals surface area contributed by atoms with Crippen molar-refractivity contribution in [3.63, 3.8) is 0 Å². The smallest absolute Gasteiger partial charge is 0.347 e. The quantitative estimate of drug-likeness (QED) is 0.0869. The molecule has 10 heteroatoms. The minimum Gasteiger partial charge on any atom is -0.497 e. The maximum absolute atomic E-state index is 13.4. The number of para-hydroxylation sites is 1. The molecule has 0 aliphatic carbocycles. The fourth-order valence-corrected chi connectivity index (χ4v) is 4.71. The minimum atomic E-state index is -0.660. The van der Waals surface area contributed by atoms with E-state index >= 15 is 0 Å². The Kier molecular flexibility index (Phi) is 8.24. The Bertz CT molecular complexity index is 1800. The van der Waals surface area contributed by atoms with Crippen molar-refractivity contribution in [1.82, 2.24) is 10.4 Å². The van der Waals surface area contributed by atoms with E-state index in [1.54, 1.807) is 55.6 Å². The van der Waals surface area contributed by atoms with Gasteiger partial charge in [0.1, 0.15) is 28.5 Å². The van der Waals surface area contributed by atoms with Crippen LogP contribution in [0.5, 0.6) is 17.2 Å². The van der Waals surface area contributed by atoms with Crippen LogP contribution in [0.2, 0.25) is 10.0 Å². The Morgan fingerprint density at radius 1 is 0.878 bits per heavy atom. The van der Waals surface area contributed by atoms with Crippen LogP contribution in [-0.2, 0) is 0 Å². The van der Waals surface area contributed by atoms with E-state index in [4.69, 9.17) is 37.4 Å². The highest BCUT2D eigenvalue weighted by molar-refractivity contribution is 6.34. The topological polar surface area (TPSA) is 102 Å². The number of nitrogens with zero attached hydrogens (tertiary/aromatic N) is 1. The number of fused-ring (bicyclic) bond motifs is 1. The van der Waals surface area contributed by atoms with Gasteiger partial charge in [0, 0.05) is 37.6 Å². The van der Waals surface area contributed by atoms with Crippen molar-refractivity contribution in [2.75, 3.05) is 14.2 Å². The second-order valence-electron chi connectivity index (χ2n) is 8.74. The molecule has 0 radical (unpaired) electrons. The van der Waals surface area contributed by atoms with E-state index in [0.717, 1.165) is 10.9 Å². The van der Waals surface area contributed by atoms with Crippen molar-refractivity contribution in [2.24, 2.45) is 5.10 Å². The number of methoxy groups -OCH3 is 2. The number of carbonyl (C=O) groups is 2. The second kappa shape index (κ2) is 12.2. The molecule has 206 valence electrons. The molecule has 0 aliphatic heterocycles. The van der Waals surface area contributed by atoms with Crippen molar-refractivity contribution in [3.8, 4) is 28.4 Å². The van der Waals surface area contributed by atoms with E-state index in [9.17, 15) is 9.59 Å². The third-order valence-electron chi connectivity index (χ3n) is 6.25. The van der Waals surface area contributed by atoms with Crippen LogP contribution in [0.15, 0.2) is 90.0 Å². The van der Waals surface area contributed by atoms with Crippen molar-refractivity contribution >= 4 is 52.2 Å². The molecular weight excluding hydrogens is 565 g/mol. The third kappa shape index (κ3) is 5.89. The highest BCUT2D eigenvalue weighted by Crippen LogP contribution is 2.38. The number of aromatic nitrogens is 1. The largest absolute Gasteiger partial charge is 0.497 e. The lowest BCUT2D eigenvalue weighted by molar-refractivity contribution is 0.0730. The number of ether oxygens (including phenoxy) is 3. The minimum absolute atomic E-state index is 0.169. The monoisotopic (exact) mass is 587 g/mol. The van der Waals surface area contributed by atoms with Gasteiger partial charge in [0.2, 0.25) is 0 Å². The molecule has 5 aromatic rings. The van der Waals surface area contributed by atoms with E-state index in [2.05, 4.69) is 15.5 Å². The predicted octanol–water partition coefficient (Wildman–Crippen LogP) is 7.14. The summed E-state index contributed by atoms with van der Waals surface area (Å²) < 4.78 is 16.3. The van der Waals surface area contributed by atoms with Crippen molar-refractivity contribution in [1.29, 1.82) is 0 Å². The van der Waals surface area contributed by atoms with Crippen LogP contribution in [0.3, 0.4) is 0 Å². The molecule has 0 fully saturated rings. The molecule has 4 aromatic carbocycles. The van der Waals surface area contributed by atoms with Crippen molar-refractivity contribution in [3.05, 3.63) is 112 Å². The standard InChI is InChI=1S/C31H23Cl2N3O5/c1-39-20-12-13-25-22(16-20)28(21-8-4-5-9-24(21)33)29(35-25)30(37)36-34-17-18-7-3-6-10-26(18)41-31(38)23-15-19(32)11-14-27(23)40-2/h3-17,35H,1-2H3,(H,36,37). The number of halogens is 2. The molecule has 0 aliphatic rings. The number of amides is 1. The number of H-pyrrole nitrogens is 1. The number of rotatable bonds is 8. The van der Waals surface area contributed by atoms with Crippen LogP contribution in [0.4, 0.5) is 0 Å². The molecule has 0 bridgehead atoms. The van der Waals surface area contributed by atoms with Gasteiger partial charge in [0.25, 0.3) is 5.91 Å². The normalized spacial score (nSPS) is 11.0. The lowest BCUT2D eigenvalue weighted by Gasteiger charge is -2.10. The van der Waals surface area contributed by atoms with Gasteiger partial charge in [-0.25, -0.2) is 10.2 Å². The van der Waals surface area contributed by atoms with Crippen molar-refractivity contribution in [2.45, 2.75) is 0 Å². The van der Waals surface area contributed by atoms with Crippen LogP contribution in [-0.4, -0.2) is 37.3 Å². The maximum atomic E-state index is 13.4. The third-order valence-corrected chi connectivity index (χ3v) is 6.81. The van der Waals surface area contributed by atoms with Gasteiger partial charge in [-0.1, -0.05) is 53.5 Å². The maximum Gasteiger partial charge on any atom is 0.347 e. The highest BCUT2D eigenvalue weighted by atomic mass is 35.5. The summed E-state index contributed by atoms with van der Waals surface area (Å²) in [4.78, 5) is 29.4. The van der Waals surface area contributed by atoms with Gasteiger partial charge < -0.3 is 19.2 Å². The highest BCUT2D eigenvalue weighted by Gasteiger charge is 2.21. The predicted molar refractivity (Wildman–Crippen MR) is 160 cm³/mol. The van der Waals surface area contributed by atoms with Gasteiger partial charge in [0.15, 0.2) is 0 Å². The zero-order valence-corrected chi connectivity index (χ0v) is 23.4. The molecule has 0 spiro atoms.